The smallest absolute Gasteiger partial charge is 0.338 e. The average Bonchev–Trinajstić information content (AvgIpc) is 2.80. The molecule has 0 saturated carbocycles. The van der Waals surface area contributed by atoms with Crippen molar-refractivity contribution in [1.82, 2.24) is 0 Å². The Morgan fingerprint density at radius 3 is 2.28 bits per heavy atom. The van der Waals surface area contributed by atoms with E-state index in [2.05, 4.69) is 5.32 Å². The molecule has 0 fully saturated rings. The highest BCUT2D eigenvalue weighted by Crippen LogP contribution is 2.14. The third-order valence-corrected chi connectivity index (χ3v) is 4.26. The number of amides is 1. The summed E-state index contributed by atoms with van der Waals surface area (Å²) in [6, 6.07) is 12.8. The van der Waals surface area contributed by atoms with Crippen LogP contribution < -0.4 is 10.1 Å². The summed E-state index contributed by atoms with van der Waals surface area (Å²) >= 11 is 0. The number of carbonyl (C=O) groups is 4. The van der Waals surface area contributed by atoms with Crippen molar-refractivity contribution in [2.24, 2.45) is 5.92 Å². The van der Waals surface area contributed by atoms with Crippen LogP contribution in [0.4, 0.5) is 5.69 Å². The van der Waals surface area contributed by atoms with Gasteiger partial charge in [-0.15, -0.1) is 0 Å². The third kappa shape index (κ3) is 8.22. The van der Waals surface area contributed by atoms with Crippen molar-refractivity contribution in [2.45, 2.75) is 26.7 Å². The first-order chi connectivity index (χ1) is 15.3. The number of hydrogen-bond donors (Lipinski definition) is 1. The summed E-state index contributed by atoms with van der Waals surface area (Å²) in [4.78, 5) is 47.9. The molecule has 2 rings (SSSR count). The second-order valence-electron chi connectivity index (χ2n) is 7.43. The van der Waals surface area contributed by atoms with Gasteiger partial charge in [-0.1, -0.05) is 26.0 Å². The first kappa shape index (κ1) is 24.6. The fourth-order valence-corrected chi connectivity index (χ4v) is 2.55. The molecule has 170 valence electrons. The molecule has 2 aromatic carbocycles. The van der Waals surface area contributed by atoms with Gasteiger partial charge in [0.25, 0.3) is 0 Å². The van der Waals surface area contributed by atoms with Gasteiger partial charge in [0.1, 0.15) is 5.75 Å². The van der Waals surface area contributed by atoms with Gasteiger partial charge in [-0.05, 0) is 42.3 Å². The number of ketones is 1. The molecule has 0 aliphatic carbocycles. The number of Topliss-reactive ketones (excluding diaryl/α,β-unsaturated/α-hetero) is 1. The van der Waals surface area contributed by atoms with Gasteiger partial charge in [0.15, 0.2) is 12.4 Å². The minimum Gasteiger partial charge on any atom is -0.497 e. The molecule has 0 radical (unpaired) electrons. The Morgan fingerprint density at radius 1 is 0.906 bits per heavy atom. The van der Waals surface area contributed by atoms with Crippen LogP contribution in [0.5, 0.6) is 5.75 Å². The van der Waals surface area contributed by atoms with E-state index in [-0.39, 0.29) is 24.5 Å². The summed E-state index contributed by atoms with van der Waals surface area (Å²) in [5.74, 6) is -1.07. The molecule has 0 unspecified atom stereocenters. The van der Waals surface area contributed by atoms with Gasteiger partial charge in [0, 0.05) is 17.7 Å². The highest BCUT2D eigenvalue weighted by molar-refractivity contribution is 5.98. The van der Waals surface area contributed by atoms with Crippen molar-refractivity contribution in [3.63, 3.8) is 0 Å². The minimum absolute atomic E-state index is 0.107. The van der Waals surface area contributed by atoms with E-state index in [1.807, 2.05) is 13.8 Å². The van der Waals surface area contributed by atoms with Crippen molar-refractivity contribution in [3.8, 4) is 5.75 Å². The maximum absolute atomic E-state index is 12.1. The van der Waals surface area contributed by atoms with Crippen LogP contribution >= 0.6 is 0 Å². The van der Waals surface area contributed by atoms with Gasteiger partial charge in [-0.25, -0.2) is 4.79 Å². The zero-order valence-electron chi connectivity index (χ0n) is 18.4. The monoisotopic (exact) mass is 441 g/mol. The lowest BCUT2D eigenvalue weighted by Gasteiger charge is -2.09. The number of ether oxygens (including phenoxy) is 3. The summed E-state index contributed by atoms with van der Waals surface area (Å²) in [5.41, 5.74) is 1.23. The molecule has 0 spiro atoms. The first-order valence-corrected chi connectivity index (χ1v) is 10.2. The Kier molecular flexibility index (Phi) is 9.41. The zero-order chi connectivity index (χ0) is 23.5. The number of rotatable bonds is 11. The fraction of sp³-hybridized carbons (Fsp3) is 0.333. The Labute approximate surface area is 186 Å². The molecular weight excluding hydrogens is 414 g/mol. The fourth-order valence-electron chi connectivity index (χ4n) is 2.55. The molecule has 0 aromatic heterocycles. The highest BCUT2D eigenvalue weighted by Gasteiger charge is 2.13. The molecule has 0 bridgehead atoms. The summed E-state index contributed by atoms with van der Waals surface area (Å²) in [5, 5.41) is 2.64. The van der Waals surface area contributed by atoms with E-state index in [9.17, 15) is 19.2 Å². The van der Waals surface area contributed by atoms with E-state index >= 15 is 0 Å². The number of methoxy groups -OCH3 is 1. The van der Waals surface area contributed by atoms with Crippen LogP contribution in [0.15, 0.2) is 48.5 Å². The molecule has 2 aromatic rings. The largest absolute Gasteiger partial charge is 0.497 e. The number of esters is 2. The quantitative estimate of drug-likeness (QED) is 0.419. The van der Waals surface area contributed by atoms with E-state index in [0.717, 1.165) is 0 Å². The molecule has 8 heteroatoms. The maximum atomic E-state index is 12.1. The second kappa shape index (κ2) is 12.2. The van der Waals surface area contributed by atoms with Crippen LogP contribution in [-0.2, 0) is 19.1 Å². The third-order valence-electron chi connectivity index (χ3n) is 4.26. The van der Waals surface area contributed by atoms with E-state index in [1.54, 1.807) is 48.5 Å². The zero-order valence-corrected chi connectivity index (χ0v) is 18.4. The van der Waals surface area contributed by atoms with Gasteiger partial charge in [0.2, 0.25) is 5.91 Å². The molecule has 32 heavy (non-hydrogen) atoms. The minimum atomic E-state index is -0.653. The van der Waals surface area contributed by atoms with Gasteiger partial charge in [-0.3, -0.25) is 14.4 Å². The molecular formula is C24H27NO7. The number of nitrogens with one attached hydrogen (secondary N) is 1. The molecule has 0 atom stereocenters. The standard InChI is InChI=1S/C24H27NO7/c1-16(2)14-32-24(29)17-7-9-19(10-8-17)25-22(27)11-12-23(28)31-15-21(26)18-5-4-6-20(13-18)30-3/h4-10,13,16H,11-12,14-15H2,1-3H3,(H,25,27). The number of carbonyl (C=O) groups excluding carboxylic acids is 4. The normalized spacial score (nSPS) is 10.4. The maximum Gasteiger partial charge on any atom is 0.338 e. The molecule has 1 amide bonds. The Bertz CT molecular complexity index is 951. The van der Waals surface area contributed by atoms with Crippen molar-refractivity contribution in [2.75, 3.05) is 25.6 Å². The molecule has 0 aliphatic rings. The SMILES string of the molecule is COc1cccc(C(=O)COC(=O)CCC(=O)Nc2ccc(C(=O)OCC(C)C)cc2)c1. The molecule has 0 heterocycles. The van der Waals surface area contributed by atoms with E-state index in [4.69, 9.17) is 14.2 Å². The molecule has 1 N–H and O–H groups in total. The number of benzene rings is 2. The van der Waals surface area contributed by atoms with Gasteiger partial charge >= 0.3 is 11.9 Å². The predicted molar refractivity (Wildman–Crippen MR) is 118 cm³/mol. The first-order valence-electron chi connectivity index (χ1n) is 10.2. The van der Waals surface area contributed by atoms with Crippen LogP contribution in [0.1, 0.15) is 47.4 Å². The van der Waals surface area contributed by atoms with Gasteiger partial charge < -0.3 is 19.5 Å². The van der Waals surface area contributed by atoms with E-state index in [0.29, 0.717) is 29.2 Å². The van der Waals surface area contributed by atoms with Crippen LogP contribution in [0.25, 0.3) is 0 Å². The number of anilines is 1. The molecule has 0 saturated heterocycles. The Balaban J connectivity index is 1.73. The summed E-state index contributed by atoms with van der Waals surface area (Å²) in [7, 11) is 1.49. The van der Waals surface area contributed by atoms with Gasteiger partial charge in [-0.2, -0.15) is 0 Å². The predicted octanol–water partition coefficient (Wildman–Crippen LogP) is 3.65. The van der Waals surface area contributed by atoms with Crippen LogP contribution in [0, 0.1) is 5.92 Å². The highest BCUT2D eigenvalue weighted by atomic mass is 16.5. The van der Waals surface area contributed by atoms with Crippen LogP contribution in [-0.4, -0.2) is 44.0 Å². The molecule has 8 nitrogen and oxygen atoms in total. The summed E-state index contributed by atoms with van der Waals surface area (Å²) in [6.07, 6.45) is -0.277. The summed E-state index contributed by atoms with van der Waals surface area (Å²) < 4.78 is 15.2. The molecule has 0 aliphatic heterocycles. The van der Waals surface area contributed by atoms with Crippen molar-refractivity contribution in [3.05, 3.63) is 59.7 Å². The number of hydrogen-bond acceptors (Lipinski definition) is 7. The van der Waals surface area contributed by atoms with E-state index < -0.39 is 24.5 Å². The van der Waals surface area contributed by atoms with Crippen LogP contribution in [0.2, 0.25) is 0 Å². The Morgan fingerprint density at radius 2 is 1.62 bits per heavy atom. The lowest BCUT2D eigenvalue weighted by atomic mass is 10.1. The lowest BCUT2D eigenvalue weighted by Crippen LogP contribution is -2.17. The van der Waals surface area contributed by atoms with Crippen LogP contribution in [0.3, 0.4) is 0 Å². The summed E-state index contributed by atoms with van der Waals surface area (Å²) in [6.45, 7) is 3.81. The lowest BCUT2D eigenvalue weighted by molar-refractivity contribution is -0.143. The average molecular weight is 441 g/mol. The Hall–Kier alpha value is -3.68. The van der Waals surface area contributed by atoms with E-state index in [1.165, 1.54) is 7.11 Å². The topological polar surface area (TPSA) is 108 Å². The van der Waals surface area contributed by atoms with Crippen molar-refractivity contribution >= 4 is 29.3 Å². The van der Waals surface area contributed by atoms with Gasteiger partial charge in [0.05, 0.1) is 25.7 Å². The van der Waals surface area contributed by atoms with Crippen molar-refractivity contribution in [1.29, 1.82) is 0 Å². The van der Waals surface area contributed by atoms with Crippen molar-refractivity contribution < 1.29 is 33.4 Å². The second-order valence-corrected chi connectivity index (χ2v) is 7.43.